The van der Waals surface area contributed by atoms with Crippen LogP contribution in [0.1, 0.15) is 12.8 Å². The molecule has 1 nitrogen and oxygen atoms in total. The third-order valence-corrected chi connectivity index (χ3v) is 1.84. The van der Waals surface area contributed by atoms with Crippen molar-refractivity contribution in [3.8, 4) is 0 Å². The van der Waals surface area contributed by atoms with E-state index >= 15 is 0 Å². The van der Waals surface area contributed by atoms with E-state index in [1.54, 1.807) is 0 Å². The van der Waals surface area contributed by atoms with Crippen molar-refractivity contribution in [1.29, 1.82) is 0 Å². The van der Waals surface area contributed by atoms with Gasteiger partial charge in [0.05, 0.1) is 0 Å². The molecule has 1 saturated heterocycles. The van der Waals surface area contributed by atoms with E-state index in [4.69, 9.17) is 4.43 Å². The van der Waals surface area contributed by atoms with E-state index in [1.807, 2.05) is 0 Å². The summed E-state index contributed by atoms with van der Waals surface area (Å²) >= 11 is 0. The lowest BCUT2D eigenvalue weighted by molar-refractivity contribution is 0.304. The summed E-state index contributed by atoms with van der Waals surface area (Å²) in [6, 6.07) is 1.31. The van der Waals surface area contributed by atoms with Crippen LogP contribution in [0.2, 0.25) is 6.04 Å². The molecule has 2 radical (unpaired) electrons. The minimum Gasteiger partial charge on any atom is -0.417 e. The molecule has 0 atom stereocenters. The first-order chi connectivity index (χ1) is 4.00. The fourth-order valence-electron chi connectivity index (χ4n) is 0.516. The van der Waals surface area contributed by atoms with Gasteiger partial charge >= 0.3 is 0 Å². The normalized spacial score (nSPS) is 18.5. The monoisotopic (exact) mass is 128 g/mol. The maximum absolute atomic E-state index is 5.10. The Bertz CT molecular complexity index is 32.3. The molecule has 1 fully saturated rings. The molecule has 1 rings (SSSR count). The first-order valence-corrected chi connectivity index (χ1v) is 3.96. The van der Waals surface area contributed by atoms with Crippen LogP contribution in [0.15, 0.2) is 13.2 Å². The molecule has 0 saturated carbocycles. The average Bonchev–Trinajstić information content (AvgIpc) is 1.96. The maximum atomic E-state index is 5.10. The van der Waals surface area contributed by atoms with Gasteiger partial charge in [-0.15, -0.1) is 13.2 Å². The van der Waals surface area contributed by atoms with Crippen LogP contribution in [0.3, 0.4) is 0 Å². The Labute approximate surface area is 53.7 Å². The number of hydrogen-bond acceptors (Lipinski definition) is 1. The second kappa shape index (κ2) is 6.92. The molecule has 0 spiro atoms. The lowest BCUT2D eigenvalue weighted by Gasteiger charge is -2.06. The van der Waals surface area contributed by atoms with Crippen LogP contribution in [0, 0.1) is 0 Å². The maximum Gasteiger partial charge on any atom is 0.229 e. The molecule has 0 bridgehead atoms. The predicted molar refractivity (Wildman–Crippen MR) is 37.0 cm³/mol. The minimum atomic E-state index is 0.802. The summed E-state index contributed by atoms with van der Waals surface area (Å²) in [5, 5.41) is 0. The zero-order valence-corrected chi connectivity index (χ0v) is 6.15. The molecule has 0 amide bonds. The topological polar surface area (TPSA) is 9.23 Å². The summed E-state index contributed by atoms with van der Waals surface area (Å²) < 4.78 is 5.10. The van der Waals surface area contributed by atoms with Crippen molar-refractivity contribution in [2.75, 3.05) is 6.61 Å². The summed E-state index contributed by atoms with van der Waals surface area (Å²) in [6.07, 6.45) is 2.67. The van der Waals surface area contributed by atoms with E-state index in [-0.39, 0.29) is 0 Å². The van der Waals surface area contributed by atoms with Gasteiger partial charge in [0, 0.05) is 6.61 Å². The van der Waals surface area contributed by atoms with Crippen LogP contribution in [-0.2, 0) is 4.43 Å². The van der Waals surface area contributed by atoms with Crippen molar-refractivity contribution in [3.05, 3.63) is 13.2 Å². The lowest BCUT2D eigenvalue weighted by atomic mass is 10.4. The Morgan fingerprint density at radius 1 is 1.25 bits per heavy atom. The number of rotatable bonds is 0. The van der Waals surface area contributed by atoms with Gasteiger partial charge in [-0.2, -0.15) is 0 Å². The Morgan fingerprint density at radius 2 is 2.00 bits per heavy atom. The van der Waals surface area contributed by atoms with E-state index < -0.39 is 0 Å². The third-order valence-electron chi connectivity index (χ3n) is 0.877. The minimum absolute atomic E-state index is 0.802. The molecule has 2 heteroatoms. The molecule has 0 aromatic rings. The first-order valence-electron chi connectivity index (χ1n) is 2.85. The second-order valence-corrected chi connectivity index (χ2v) is 2.53. The van der Waals surface area contributed by atoms with Gasteiger partial charge in [0.15, 0.2) is 0 Å². The zero-order chi connectivity index (χ0) is 6.24. The Kier molecular flexibility index (Phi) is 6.85. The summed E-state index contributed by atoms with van der Waals surface area (Å²) in [5.74, 6) is 0. The van der Waals surface area contributed by atoms with Crippen LogP contribution in [0.25, 0.3) is 0 Å². The van der Waals surface area contributed by atoms with Gasteiger partial charge in [-0.05, 0) is 12.5 Å². The Hall–Kier alpha value is -0.0831. The van der Waals surface area contributed by atoms with Crippen molar-refractivity contribution in [1.82, 2.24) is 0 Å². The summed E-state index contributed by atoms with van der Waals surface area (Å²) in [7, 11) is 0.802. The van der Waals surface area contributed by atoms with Gasteiger partial charge < -0.3 is 4.43 Å². The smallest absolute Gasteiger partial charge is 0.229 e. The standard InChI is InChI=1S/C4H8OSi.C2H4/c1-2-4-6-5-3-1;1-2/h1-4H2;1-2H2. The molecule has 0 aromatic heterocycles. The van der Waals surface area contributed by atoms with Gasteiger partial charge in [-0.25, -0.2) is 0 Å². The SMILES string of the molecule is C1CC[Si]OC1.C=C. The molecule has 0 aliphatic carbocycles. The van der Waals surface area contributed by atoms with Gasteiger partial charge in [-0.1, -0.05) is 6.42 Å². The summed E-state index contributed by atoms with van der Waals surface area (Å²) in [4.78, 5) is 0. The van der Waals surface area contributed by atoms with Gasteiger partial charge in [-0.3, -0.25) is 0 Å². The second-order valence-electron chi connectivity index (χ2n) is 1.45. The van der Waals surface area contributed by atoms with E-state index in [0.29, 0.717) is 0 Å². The van der Waals surface area contributed by atoms with Crippen LogP contribution >= 0.6 is 0 Å². The molecular formula is C6H12OSi. The van der Waals surface area contributed by atoms with Crippen molar-refractivity contribution in [3.63, 3.8) is 0 Å². The van der Waals surface area contributed by atoms with Gasteiger partial charge in [0.1, 0.15) is 0 Å². The molecule has 0 unspecified atom stereocenters. The first kappa shape index (κ1) is 7.92. The Morgan fingerprint density at radius 3 is 2.12 bits per heavy atom. The van der Waals surface area contributed by atoms with Crippen LogP contribution < -0.4 is 0 Å². The van der Waals surface area contributed by atoms with E-state index in [2.05, 4.69) is 13.2 Å². The number of hydrogen-bond donors (Lipinski definition) is 0. The molecule has 46 valence electrons. The highest BCUT2D eigenvalue weighted by Gasteiger charge is 1.97. The van der Waals surface area contributed by atoms with Crippen LogP contribution in [-0.4, -0.2) is 16.4 Å². The molecule has 1 aliphatic heterocycles. The van der Waals surface area contributed by atoms with Crippen molar-refractivity contribution in [2.24, 2.45) is 0 Å². The van der Waals surface area contributed by atoms with Gasteiger partial charge in [0.25, 0.3) is 0 Å². The van der Waals surface area contributed by atoms with Crippen molar-refractivity contribution in [2.45, 2.75) is 18.9 Å². The fraction of sp³-hybridized carbons (Fsp3) is 0.667. The molecule has 1 aliphatic rings. The highest BCUT2D eigenvalue weighted by atomic mass is 28.2. The van der Waals surface area contributed by atoms with Crippen molar-refractivity contribution >= 4 is 9.76 Å². The Balaban J connectivity index is 0.000000222. The lowest BCUT2D eigenvalue weighted by Crippen LogP contribution is -2.06. The van der Waals surface area contributed by atoms with Crippen LogP contribution in [0.5, 0.6) is 0 Å². The van der Waals surface area contributed by atoms with Gasteiger partial charge in [0.2, 0.25) is 9.76 Å². The molecule has 8 heavy (non-hydrogen) atoms. The van der Waals surface area contributed by atoms with E-state index in [1.165, 1.54) is 18.9 Å². The average molecular weight is 128 g/mol. The third kappa shape index (κ3) is 4.09. The fourth-order valence-corrected chi connectivity index (χ4v) is 1.34. The van der Waals surface area contributed by atoms with E-state index in [9.17, 15) is 0 Å². The molecule has 0 aromatic carbocycles. The predicted octanol–water partition coefficient (Wildman–Crippen LogP) is 1.64. The molecular weight excluding hydrogens is 116 g/mol. The van der Waals surface area contributed by atoms with Crippen molar-refractivity contribution < 1.29 is 4.43 Å². The summed E-state index contributed by atoms with van der Waals surface area (Å²) in [5.41, 5.74) is 0. The zero-order valence-electron chi connectivity index (χ0n) is 5.15. The quantitative estimate of drug-likeness (QED) is 0.356. The molecule has 1 heterocycles. The highest BCUT2D eigenvalue weighted by Crippen LogP contribution is 2.01. The highest BCUT2D eigenvalue weighted by molar-refractivity contribution is 6.27. The van der Waals surface area contributed by atoms with E-state index in [0.717, 1.165) is 16.4 Å². The largest absolute Gasteiger partial charge is 0.417 e. The molecule has 0 N–H and O–H groups in total. The van der Waals surface area contributed by atoms with Crippen LogP contribution in [0.4, 0.5) is 0 Å². The summed E-state index contributed by atoms with van der Waals surface area (Å²) in [6.45, 7) is 7.01.